The average molecular weight is 264 g/mol. The van der Waals surface area contributed by atoms with Crippen molar-refractivity contribution in [2.75, 3.05) is 14.2 Å². The molecule has 0 aromatic heterocycles. The standard InChI is InChI=1S/C11H14O.C5H10O2/c1-8(2)11-6-5-10(12-4)7-9(11)3;1-3-4-5(6)7-2/h5-7H,1H2,2-4H3;3-4H2,1-2H3. The minimum Gasteiger partial charge on any atom is -0.497 e. The number of benzene rings is 1. The fourth-order valence-electron chi connectivity index (χ4n) is 1.55. The van der Waals surface area contributed by atoms with Gasteiger partial charge in [-0.05, 0) is 43.5 Å². The third-order valence-corrected chi connectivity index (χ3v) is 2.58. The summed E-state index contributed by atoms with van der Waals surface area (Å²) in [6, 6.07) is 6.01. The Morgan fingerprint density at radius 2 is 1.95 bits per heavy atom. The highest BCUT2D eigenvalue weighted by Gasteiger charge is 1.99. The monoisotopic (exact) mass is 264 g/mol. The summed E-state index contributed by atoms with van der Waals surface area (Å²) >= 11 is 0. The lowest BCUT2D eigenvalue weighted by molar-refractivity contribution is -0.140. The van der Waals surface area contributed by atoms with E-state index in [-0.39, 0.29) is 5.97 Å². The highest BCUT2D eigenvalue weighted by molar-refractivity contribution is 5.68. The average Bonchev–Trinajstić information content (AvgIpc) is 2.39. The fraction of sp³-hybridized carbons (Fsp3) is 0.438. The van der Waals surface area contributed by atoms with Crippen LogP contribution in [0.3, 0.4) is 0 Å². The van der Waals surface area contributed by atoms with Gasteiger partial charge >= 0.3 is 5.97 Å². The van der Waals surface area contributed by atoms with Crippen molar-refractivity contribution in [3.05, 3.63) is 35.9 Å². The molecule has 0 aliphatic rings. The van der Waals surface area contributed by atoms with Crippen molar-refractivity contribution < 1.29 is 14.3 Å². The van der Waals surface area contributed by atoms with Crippen LogP contribution in [-0.2, 0) is 9.53 Å². The number of esters is 1. The topological polar surface area (TPSA) is 35.5 Å². The number of methoxy groups -OCH3 is 2. The third-order valence-electron chi connectivity index (χ3n) is 2.58. The number of ether oxygens (including phenoxy) is 2. The Hall–Kier alpha value is -1.77. The molecule has 0 N–H and O–H groups in total. The van der Waals surface area contributed by atoms with Gasteiger partial charge in [-0.2, -0.15) is 0 Å². The molecule has 0 aliphatic carbocycles. The van der Waals surface area contributed by atoms with E-state index in [1.807, 2.05) is 32.0 Å². The van der Waals surface area contributed by atoms with Crippen molar-refractivity contribution in [3.8, 4) is 5.75 Å². The third kappa shape index (κ3) is 6.65. The van der Waals surface area contributed by atoms with Gasteiger partial charge in [-0.3, -0.25) is 4.79 Å². The molecule has 3 nitrogen and oxygen atoms in total. The van der Waals surface area contributed by atoms with E-state index in [2.05, 4.69) is 18.2 Å². The van der Waals surface area contributed by atoms with Gasteiger partial charge in [0.2, 0.25) is 0 Å². The molecule has 0 saturated carbocycles. The van der Waals surface area contributed by atoms with Crippen LogP contribution in [-0.4, -0.2) is 20.2 Å². The zero-order chi connectivity index (χ0) is 14.8. The van der Waals surface area contributed by atoms with E-state index in [4.69, 9.17) is 4.74 Å². The molecule has 19 heavy (non-hydrogen) atoms. The van der Waals surface area contributed by atoms with Crippen molar-refractivity contribution >= 4 is 11.5 Å². The van der Waals surface area contributed by atoms with Crippen LogP contribution in [0.1, 0.15) is 37.8 Å². The van der Waals surface area contributed by atoms with Crippen molar-refractivity contribution in [2.45, 2.75) is 33.6 Å². The smallest absolute Gasteiger partial charge is 0.305 e. The van der Waals surface area contributed by atoms with E-state index >= 15 is 0 Å². The number of rotatable bonds is 4. The number of carbonyl (C=O) groups excluding carboxylic acids is 1. The molecular formula is C16H24O3. The quantitative estimate of drug-likeness (QED) is 0.771. The highest BCUT2D eigenvalue weighted by Crippen LogP contribution is 2.21. The van der Waals surface area contributed by atoms with Crippen LogP contribution in [0.15, 0.2) is 24.8 Å². The SMILES string of the molecule is C=C(C)c1ccc(OC)cc1C.CCCC(=O)OC. The van der Waals surface area contributed by atoms with Crippen molar-refractivity contribution in [1.82, 2.24) is 0 Å². The predicted molar refractivity (Wildman–Crippen MR) is 79.4 cm³/mol. The highest BCUT2D eigenvalue weighted by atomic mass is 16.5. The molecule has 0 heterocycles. The molecule has 3 heteroatoms. The van der Waals surface area contributed by atoms with Crippen LogP contribution in [0.5, 0.6) is 5.75 Å². The van der Waals surface area contributed by atoms with E-state index in [9.17, 15) is 4.79 Å². The molecule has 0 atom stereocenters. The molecule has 0 unspecified atom stereocenters. The Morgan fingerprint density at radius 3 is 2.26 bits per heavy atom. The van der Waals surface area contributed by atoms with Gasteiger partial charge in [0.15, 0.2) is 0 Å². The van der Waals surface area contributed by atoms with Crippen LogP contribution in [0.2, 0.25) is 0 Å². The minimum atomic E-state index is -0.123. The van der Waals surface area contributed by atoms with Gasteiger partial charge in [0.1, 0.15) is 5.75 Å². The normalized spacial score (nSPS) is 9.11. The van der Waals surface area contributed by atoms with E-state index in [0.29, 0.717) is 6.42 Å². The number of carbonyl (C=O) groups is 1. The zero-order valence-electron chi connectivity index (χ0n) is 12.6. The van der Waals surface area contributed by atoms with Gasteiger partial charge in [-0.1, -0.05) is 25.1 Å². The van der Waals surface area contributed by atoms with E-state index in [1.54, 1.807) is 7.11 Å². The van der Waals surface area contributed by atoms with Crippen molar-refractivity contribution in [2.24, 2.45) is 0 Å². The van der Waals surface area contributed by atoms with Gasteiger partial charge in [-0.15, -0.1) is 0 Å². The maximum atomic E-state index is 10.2. The Bertz CT molecular complexity index is 422. The fourth-order valence-corrected chi connectivity index (χ4v) is 1.55. The molecular weight excluding hydrogens is 240 g/mol. The molecule has 0 saturated heterocycles. The summed E-state index contributed by atoms with van der Waals surface area (Å²) < 4.78 is 9.45. The number of hydrogen-bond acceptors (Lipinski definition) is 3. The maximum Gasteiger partial charge on any atom is 0.305 e. The van der Waals surface area contributed by atoms with Gasteiger partial charge in [0.25, 0.3) is 0 Å². The molecule has 0 bridgehead atoms. The minimum absolute atomic E-state index is 0.123. The summed E-state index contributed by atoms with van der Waals surface area (Å²) in [4.78, 5) is 10.2. The van der Waals surface area contributed by atoms with E-state index < -0.39 is 0 Å². The lowest BCUT2D eigenvalue weighted by Gasteiger charge is -2.06. The number of allylic oxidation sites excluding steroid dienone is 1. The molecule has 0 aliphatic heterocycles. The van der Waals surface area contributed by atoms with Crippen LogP contribution in [0.4, 0.5) is 0 Å². The molecule has 1 rings (SSSR count). The lowest BCUT2D eigenvalue weighted by Crippen LogP contribution is -1.97. The maximum absolute atomic E-state index is 10.2. The number of hydrogen-bond donors (Lipinski definition) is 0. The first kappa shape index (κ1) is 17.2. The van der Waals surface area contributed by atoms with Gasteiger partial charge in [-0.25, -0.2) is 0 Å². The Morgan fingerprint density at radius 1 is 1.32 bits per heavy atom. The Kier molecular flexibility index (Phi) is 8.34. The first-order chi connectivity index (χ1) is 8.96. The summed E-state index contributed by atoms with van der Waals surface area (Å²) in [6.07, 6.45) is 1.41. The van der Waals surface area contributed by atoms with Gasteiger partial charge < -0.3 is 9.47 Å². The molecule has 0 spiro atoms. The van der Waals surface area contributed by atoms with E-state index in [1.165, 1.54) is 18.2 Å². The lowest BCUT2D eigenvalue weighted by atomic mass is 10.0. The first-order valence-electron chi connectivity index (χ1n) is 6.33. The van der Waals surface area contributed by atoms with Crippen molar-refractivity contribution in [3.63, 3.8) is 0 Å². The van der Waals surface area contributed by atoms with Gasteiger partial charge in [0.05, 0.1) is 14.2 Å². The second kappa shape index (κ2) is 9.20. The van der Waals surface area contributed by atoms with Crippen LogP contribution in [0.25, 0.3) is 5.57 Å². The molecule has 1 aromatic carbocycles. The summed E-state index contributed by atoms with van der Waals surface area (Å²) in [5.41, 5.74) is 3.51. The zero-order valence-corrected chi connectivity index (χ0v) is 12.6. The van der Waals surface area contributed by atoms with Crippen molar-refractivity contribution in [1.29, 1.82) is 0 Å². The first-order valence-corrected chi connectivity index (χ1v) is 6.33. The Balaban J connectivity index is 0.000000399. The van der Waals surface area contributed by atoms with Crippen LogP contribution >= 0.6 is 0 Å². The van der Waals surface area contributed by atoms with Gasteiger partial charge in [0, 0.05) is 6.42 Å². The largest absolute Gasteiger partial charge is 0.497 e. The van der Waals surface area contributed by atoms with Crippen LogP contribution in [0, 0.1) is 6.92 Å². The van der Waals surface area contributed by atoms with Crippen LogP contribution < -0.4 is 4.74 Å². The number of aryl methyl sites for hydroxylation is 1. The summed E-state index contributed by atoms with van der Waals surface area (Å²) in [5.74, 6) is 0.778. The molecule has 0 amide bonds. The second-order valence-electron chi connectivity index (χ2n) is 4.29. The Labute approximate surface area is 116 Å². The predicted octanol–water partition coefficient (Wildman–Crippen LogP) is 4.00. The molecule has 1 aromatic rings. The van der Waals surface area contributed by atoms with E-state index in [0.717, 1.165) is 17.7 Å². The second-order valence-corrected chi connectivity index (χ2v) is 4.29. The summed E-state index contributed by atoms with van der Waals surface area (Å²) in [7, 11) is 3.08. The molecule has 0 fully saturated rings. The molecule has 106 valence electrons. The molecule has 0 radical (unpaired) electrons. The summed E-state index contributed by atoms with van der Waals surface area (Å²) in [6.45, 7) is 9.91. The summed E-state index contributed by atoms with van der Waals surface area (Å²) in [5, 5.41) is 0.